The minimum atomic E-state index is -4.87. The molecule has 0 bridgehead atoms. The summed E-state index contributed by atoms with van der Waals surface area (Å²) in [6.07, 6.45) is -3.08. The molecule has 190 valence electrons. The number of anilines is 3. The van der Waals surface area contributed by atoms with Crippen LogP contribution in [-0.4, -0.2) is 34.7 Å². The Morgan fingerprint density at radius 1 is 1.11 bits per heavy atom. The van der Waals surface area contributed by atoms with Crippen LogP contribution in [0.15, 0.2) is 66.9 Å². The number of hydrogen-bond acceptors (Lipinski definition) is 5. The molecule has 2 aromatic carbocycles. The Labute approximate surface area is 213 Å². The number of aromatic nitrogens is 1. The van der Waals surface area contributed by atoms with Crippen LogP contribution in [-0.2, 0) is 4.79 Å². The van der Waals surface area contributed by atoms with Gasteiger partial charge in [0.05, 0.1) is 22.0 Å². The van der Waals surface area contributed by atoms with Gasteiger partial charge in [0, 0.05) is 12.3 Å². The van der Waals surface area contributed by atoms with Crippen molar-refractivity contribution in [3.05, 3.63) is 77.4 Å². The molecule has 37 heavy (non-hydrogen) atoms. The van der Waals surface area contributed by atoms with Crippen LogP contribution >= 0.6 is 11.6 Å². The lowest BCUT2D eigenvalue weighted by Gasteiger charge is -2.22. The average Bonchev–Trinajstić information content (AvgIpc) is 3.44. The van der Waals surface area contributed by atoms with Gasteiger partial charge in [0.25, 0.3) is 11.8 Å². The Morgan fingerprint density at radius 2 is 1.78 bits per heavy atom. The van der Waals surface area contributed by atoms with E-state index in [9.17, 15) is 27.6 Å². The van der Waals surface area contributed by atoms with Crippen molar-refractivity contribution in [1.29, 1.82) is 0 Å². The number of pyridine rings is 1. The van der Waals surface area contributed by atoms with Gasteiger partial charge in [0.1, 0.15) is 17.1 Å². The molecule has 2 heterocycles. The third-order valence-electron chi connectivity index (χ3n) is 6.32. The Morgan fingerprint density at radius 3 is 2.41 bits per heavy atom. The summed E-state index contributed by atoms with van der Waals surface area (Å²) in [7, 11) is 0. The van der Waals surface area contributed by atoms with Gasteiger partial charge in [-0.2, -0.15) is 0 Å². The quantitative estimate of drug-likeness (QED) is 0.431. The molecule has 5 rings (SSSR count). The highest BCUT2D eigenvalue weighted by atomic mass is 35.5. The van der Waals surface area contributed by atoms with Crippen LogP contribution in [0.1, 0.15) is 23.7 Å². The Hall–Kier alpha value is -4.12. The van der Waals surface area contributed by atoms with Crippen molar-refractivity contribution >= 4 is 46.6 Å². The first-order chi connectivity index (χ1) is 17.5. The van der Waals surface area contributed by atoms with E-state index < -0.39 is 35.5 Å². The molecule has 4 amide bonds. The minimum Gasteiger partial charge on any atom is -0.406 e. The number of urea groups is 1. The minimum absolute atomic E-state index is 0.104. The van der Waals surface area contributed by atoms with Crippen molar-refractivity contribution in [3.8, 4) is 5.75 Å². The lowest BCUT2D eigenvalue weighted by molar-refractivity contribution is -0.274. The molecular formula is C25H18ClF3N4O4. The van der Waals surface area contributed by atoms with Crippen molar-refractivity contribution in [1.82, 2.24) is 4.98 Å². The first-order valence-corrected chi connectivity index (χ1v) is 11.5. The SMILES string of the molecule is CC1CC12C(=O)N(c1ccc(OC(F)(F)F)cc1)C(=O)N2c1ccnc(NC(=O)c2ccccc2Cl)c1. The van der Waals surface area contributed by atoms with Gasteiger partial charge < -0.3 is 10.1 Å². The number of ether oxygens (including phenoxy) is 1. The normalized spacial score (nSPS) is 20.9. The molecule has 2 fully saturated rings. The van der Waals surface area contributed by atoms with E-state index in [1.165, 1.54) is 35.4 Å². The van der Waals surface area contributed by atoms with Gasteiger partial charge in [0.2, 0.25) is 0 Å². The van der Waals surface area contributed by atoms with Crippen LogP contribution in [0.3, 0.4) is 0 Å². The smallest absolute Gasteiger partial charge is 0.406 e. The maximum Gasteiger partial charge on any atom is 0.573 e. The molecule has 1 aliphatic heterocycles. The van der Waals surface area contributed by atoms with Gasteiger partial charge >= 0.3 is 12.4 Å². The Balaban J connectivity index is 1.43. The molecule has 12 heteroatoms. The number of benzene rings is 2. The molecule has 2 aliphatic rings. The number of imide groups is 1. The summed E-state index contributed by atoms with van der Waals surface area (Å²) in [5.74, 6) is -1.51. The monoisotopic (exact) mass is 530 g/mol. The molecule has 1 N–H and O–H groups in total. The van der Waals surface area contributed by atoms with Crippen LogP contribution in [0.2, 0.25) is 5.02 Å². The van der Waals surface area contributed by atoms with Crippen LogP contribution < -0.4 is 19.9 Å². The predicted octanol–water partition coefficient (Wildman–Crippen LogP) is 5.64. The van der Waals surface area contributed by atoms with E-state index in [-0.39, 0.29) is 28.0 Å². The van der Waals surface area contributed by atoms with E-state index in [1.54, 1.807) is 24.3 Å². The first kappa shape index (κ1) is 24.6. The average molecular weight is 531 g/mol. The molecule has 1 saturated heterocycles. The molecule has 2 unspecified atom stereocenters. The van der Waals surface area contributed by atoms with Crippen LogP contribution in [0.5, 0.6) is 5.75 Å². The summed E-state index contributed by atoms with van der Waals surface area (Å²) in [5.41, 5.74) is -0.484. The van der Waals surface area contributed by atoms with Crippen molar-refractivity contribution in [2.24, 2.45) is 5.92 Å². The summed E-state index contributed by atoms with van der Waals surface area (Å²) < 4.78 is 41.4. The van der Waals surface area contributed by atoms with Crippen molar-refractivity contribution in [3.63, 3.8) is 0 Å². The van der Waals surface area contributed by atoms with E-state index in [0.717, 1.165) is 17.0 Å². The third-order valence-corrected chi connectivity index (χ3v) is 6.65. The molecule has 1 spiro atoms. The second-order valence-corrected chi connectivity index (χ2v) is 9.07. The van der Waals surface area contributed by atoms with Gasteiger partial charge in [-0.15, -0.1) is 13.2 Å². The summed E-state index contributed by atoms with van der Waals surface area (Å²) >= 11 is 6.09. The molecule has 3 aromatic rings. The molecular weight excluding hydrogens is 513 g/mol. The molecule has 0 radical (unpaired) electrons. The lowest BCUT2D eigenvalue weighted by atomic mass is 10.1. The summed E-state index contributed by atoms with van der Waals surface area (Å²) in [4.78, 5) is 46.0. The lowest BCUT2D eigenvalue weighted by Crippen LogP contribution is -2.39. The maximum absolute atomic E-state index is 13.5. The number of halogens is 4. The molecule has 1 aromatic heterocycles. The molecule has 1 aliphatic carbocycles. The maximum atomic E-state index is 13.5. The van der Waals surface area contributed by atoms with Crippen LogP contribution in [0.25, 0.3) is 0 Å². The Bertz CT molecular complexity index is 1420. The number of carbonyl (C=O) groups excluding carboxylic acids is 3. The van der Waals surface area contributed by atoms with Gasteiger partial charge in [-0.05, 0) is 54.8 Å². The third kappa shape index (κ3) is 4.35. The number of alkyl halides is 3. The van der Waals surface area contributed by atoms with E-state index in [0.29, 0.717) is 12.1 Å². The van der Waals surface area contributed by atoms with E-state index in [1.807, 2.05) is 6.92 Å². The zero-order chi connectivity index (χ0) is 26.5. The molecule has 2 atom stereocenters. The fourth-order valence-corrected chi connectivity index (χ4v) is 4.71. The van der Waals surface area contributed by atoms with E-state index in [2.05, 4.69) is 15.0 Å². The highest BCUT2D eigenvalue weighted by Crippen LogP contribution is 2.55. The van der Waals surface area contributed by atoms with Crippen LogP contribution in [0.4, 0.5) is 35.2 Å². The summed E-state index contributed by atoms with van der Waals surface area (Å²) in [6.45, 7) is 1.82. The van der Waals surface area contributed by atoms with Crippen molar-refractivity contribution in [2.75, 3.05) is 15.1 Å². The number of amides is 4. The number of carbonyl (C=O) groups is 3. The van der Waals surface area contributed by atoms with Gasteiger partial charge in [0.15, 0.2) is 0 Å². The summed E-state index contributed by atoms with van der Waals surface area (Å²) in [6, 6.07) is 13.3. The van der Waals surface area contributed by atoms with Gasteiger partial charge in [-0.1, -0.05) is 30.7 Å². The summed E-state index contributed by atoms with van der Waals surface area (Å²) in [5, 5.41) is 2.89. The highest BCUT2D eigenvalue weighted by molar-refractivity contribution is 6.34. The fourth-order valence-electron chi connectivity index (χ4n) is 4.49. The largest absolute Gasteiger partial charge is 0.573 e. The van der Waals surface area contributed by atoms with E-state index >= 15 is 0 Å². The number of rotatable bonds is 5. The number of nitrogens with zero attached hydrogens (tertiary/aromatic N) is 3. The van der Waals surface area contributed by atoms with Gasteiger partial charge in [-0.25, -0.2) is 14.7 Å². The molecule has 1 saturated carbocycles. The van der Waals surface area contributed by atoms with Crippen molar-refractivity contribution < 1.29 is 32.3 Å². The Kier molecular flexibility index (Phi) is 5.82. The fraction of sp³-hybridized carbons (Fsp3) is 0.200. The van der Waals surface area contributed by atoms with Gasteiger partial charge in [-0.3, -0.25) is 14.5 Å². The van der Waals surface area contributed by atoms with Crippen molar-refractivity contribution in [2.45, 2.75) is 25.2 Å². The molecule has 8 nitrogen and oxygen atoms in total. The van der Waals surface area contributed by atoms with Crippen LogP contribution in [0, 0.1) is 5.92 Å². The zero-order valence-electron chi connectivity index (χ0n) is 19.1. The number of hydrogen-bond donors (Lipinski definition) is 1. The first-order valence-electron chi connectivity index (χ1n) is 11.1. The zero-order valence-corrected chi connectivity index (χ0v) is 19.9. The highest BCUT2D eigenvalue weighted by Gasteiger charge is 2.70. The standard InChI is InChI=1S/C25H18ClF3N4O4/c1-14-13-24(14)22(35)32(15-6-8-17(9-7-15)37-25(27,28)29)23(36)33(24)16-10-11-30-20(12-16)31-21(34)18-4-2-3-5-19(18)26/h2-12,14H,13H2,1H3,(H,30,31,34). The topological polar surface area (TPSA) is 91.8 Å². The second-order valence-electron chi connectivity index (χ2n) is 8.66. The number of nitrogens with one attached hydrogen (secondary N) is 1. The predicted molar refractivity (Wildman–Crippen MR) is 129 cm³/mol. The van der Waals surface area contributed by atoms with E-state index in [4.69, 9.17) is 11.6 Å². The second kappa shape index (κ2) is 8.77.